The zero-order chi connectivity index (χ0) is 22.0. The molecule has 168 valence electrons. The average Bonchev–Trinajstić information content (AvgIpc) is 3.23. The Labute approximate surface area is 182 Å². The molecule has 1 aromatic carbocycles. The first-order valence-corrected chi connectivity index (χ1v) is 11.3. The van der Waals surface area contributed by atoms with Crippen molar-refractivity contribution in [2.75, 3.05) is 12.1 Å². The fourth-order valence-electron chi connectivity index (χ4n) is 4.97. The second-order valence-corrected chi connectivity index (χ2v) is 8.56. The van der Waals surface area contributed by atoms with Gasteiger partial charge in [0.1, 0.15) is 6.04 Å². The largest absolute Gasteiger partial charge is 0.454 e. The van der Waals surface area contributed by atoms with Crippen molar-refractivity contribution >= 4 is 23.4 Å². The summed E-state index contributed by atoms with van der Waals surface area (Å²) in [5.41, 5.74) is 0.568. The summed E-state index contributed by atoms with van der Waals surface area (Å²) in [6.45, 7) is 4.15. The van der Waals surface area contributed by atoms with Gasteiger partial charge in [0.25, 0.3) is 0 Å². The highest BCUT2D eigenvalue weighted by molar-refractivity contribution is 5.98. The van der Waals surface area contributed by atoms with Gasteiger partial charge in [-0.05, 0) is 37.8 Å². The van der Waals surface area contributed by atoms with Crippen LogP contribution in [0.5, 0.6) is 11.5 Å². The van der Waals surface area contributed by atoms with E-state index in [0.717, 1.165) is 38.5 Å². The van der Waals surface area contributed by atoms with Gasteiger partial charge in [0, 0.05) is 23.7 Å². The molecule has 3 atom stereocenters. The average molecular weight is 430 g/mol. The van der Waals surface area contributed by atoms with Gasteiger partial charge in [0.2, 0.25) is 24.5 Å². The van der Waals surface area contributed by atoms with Gasteiger partial charge in [0.05, 0.1) is 12.5 Å². The lowest BCUT2D eigenvalue weighted by Gasteiger charge is -2.49. The van der Waals surface area contributed by atoms with Gasteiger partial charge < -0.3 is 25.0 Å². The van der Waals surface area contributed by atoms with Crippen LogP contribution in [0.1, 0.15) is 58.8 Å². The first kappa shape index (κ1) is 21.5. The lowest BCUT2D eigenvalue weighted by atomic mass is 9.84. The molecule has 0 spiro atoms. The molecule has 4 rings (SSSR count). The number of nitrogens with one attached hydrogen (secondary N) is 2. The maximum atomic E-state index is 13.4. The quantitative estimate of drug-likeness (QED) is 0.725. The third kappa shape index (κ3) is 4.34. The van der Waals surface area contributed by atoms with E-state index < -0.39 is 6.04 Å². The summed E-state index contributed by atoms with van der Waals surface area (Å²) in [7, 11) is 0. The van der Waals surface area contributed by atoms with Crippen molar-refractivity contribution < 1.29 is 23.9 Å². The van der Waals surface area contributed by atoms with E-state index in [-0.39, 0.29) is 48.9 Å². The maximum absolute atomic E-state index is 13.4. The molecule has 2 aliphatic heterocycles. The van der Waals surface area contributed by atoms with Crippen LogP contribution in [0.3, 0.4) is 0 Å². The van der Waals surface area contributed by atoms with Crippen LogP contribution in [0, 0.1) is 5.92 Å². The van der Waals surface area contributed by atoms with Crippen LogP contribution < -0.4 is 20.1 Å². The second kappa shape index (κ2) is 9.16. The van der Waals surface area contributed by atoms with E-state index in [0.29, 0.717) is 17.2 Å². The summed E-state index contributed by atoms with van der Waals surface area (Å²) >= 11 is 0. The minimum atomic E-state index is -0.790. The molecule has 1 aromatic rings. The first-order valence-electron chi connectivity index (χ1n) is 11.3. The number of piperazine rings is 1. The lowest BCUT2D eigenvalue weighted by molar-refractivity contribution is -0.154. The van der Waals surface area contributed by atoms with Gasteiger partial charge in [0.15, 0.2) is 11.5 Å². The van der Waals surface area contributed by atoms with Crippen molar-refractivity contribution in [2.24, 2.45) is 5.92 Å². The SMILES string of the molecule is CCC(CC)C(=O)N1[C@H](CC(=O)Nc2ccc3c(c2)OCO3)C(=O)N[C@@H]2CCCC[C@H]21. The van der Waals surface area contributed by atoms with Crippen molar-refractivity contribution in [1.82, 2.24) is 10.2 Å². The Hall–Kier alpha value is -2.77. The monoisotopic (exact) mass is 429 g/mol. The maximum Gasteiger partial charge on any atom is 0.243 e. The molecule has 1 aliphatic carbocycles. The Morgan fingerprint density at radius 2 is 1.90 bits per heavy atom. The van der Waals surface area contributed by atoms with E-state index in [4.69, 9.17) is 9.47 Å². The number of hydrogen-bond acceptors (Lipinski definition) is 5. The van der Waals surface area contributed by atoms with Crippen molar-refractivity contribution in [3.63, 3.8) is 0 Å². The third-order valence-electron chi connectivity index (χ3n) is 6.68. The fraction of sp³-hybridized carbons (Fsp3) is 0.609. The predicted molar refractivity (Wildman–Crippen MR) is 115 cm³/mol. The number of benzene rings is 1. The van der Waals surface area contributed by atoms with Gasteiger partial charge >= 0.3 is 0 Å². The molecule has 2 fully saturated rings. The Bertz CT molecular complexity index is 854. The van der Waals surface area contributed by atoms with E-state index >= 15 is 0 Å². The van der Waals surface area contributed by atoms with Gasteiger partial charge in [-0.25, -0.2) is 0 Å². The van der Waals surface area contributed by atoms with Crippen molar-refractivity contribution in [2.45, 2.75) is 76.9 Å². The van der Waals surface area contributed by atoms with E-state index in [2.05, 4.69) is 10.6 Å². The van der Waals surface area contributed by atoms with E-state index in [1.54, 1.807) is 23.1 Å². The summed E-state index contributed by atoms with van der Waals surface area (Å²) in [5, 5.41) is 5.92. The molecule has 0 radical (unpaired) electrons. The minimum absolute atomic E-state index is 0.00219. The Kier molecular flexibility index (Phi) is 6.34. The van der Waals surface area contributed by atoms with Gasteiger partial charge in [-0.2, -0.15) is 0 Å². The molecule has 8 heteroatoms. The highest BCUT2D eigenvalue weighted by Gasteiger charge is 2.46. The topological polar surface area (TPSA) is 97.0 Å². The molecule has 3 amide bonds. The summed E-state index contributed by atoms with van der Waals surface area (Å²) in [6, 6.07) is 4.32. The van der Waals surface area contributed by atoms with Crippen molar-refractivity contribution in [1.29, 1.82) is 0 Å². The number of carbonyl (C=O) groups is 3. The van der Waals surface area contributed by atoms with E-state index in [9.17, 15) is 14.4 Å². The molecule has 1 saturated heterocycles. The highest BCUT2D eigenvalue weighted by Crippen LogP contribution is 2.35. The summed E-state index contributed by atoms with van der Waals surface area (Å²) in [6.07, 6.45) is 5.18. The van der Waals surface area contributed by atoms with Crippen LogP contribution in [0.15, 0.2) is 18.2 Å². The Morgan fingerprint density at radius 1 is 1.16 bits per heavy atom. The van der Waals surface area contributed by atoms with Crippen LogP contribution in [0.4, 0.5) is 5.69 Å². The van der Waals surface area contributed by atoms with Crippen LogP contribution in [-0.2, 0) is 14.4 Å². The summed E-state index contributed by atoms with van der Waals surface area (Å²) in [4.78, 5) is 41.0. The first-order chi connectivity index (χ1) is 15.0. The number of hydrogen-bond donors (Lipinski definition) is 2. The molecular weight excluding hydrogens is 398 g/mol. The molecule has 0 aromatic heterocycles. The number of anilines is 1. The number of ether oxygens (including phenoxy) is 2. The number of rotatable bonds is 6. The minimum Gasteiger partial charge on any atom is -0.454 e. The number of amides is 3. The highest BCUT2D eigenvalue weighted by atomic mass is 16.7. The van der Waals surface area contributed by atoms with Gasteiger partial charge in [-0.1, -0.05) is 26.7 Å². The lowest BCUT2D eigenvalue weighted by Crippen LogP contribution is -2.68. The molecule has 2 N–H and O–H groups in total. The molecular formula is C23H31N3O5. The fourth-order valence-corrected chi connectivity index (χ4v) is 4.97. The molecule has 2 heterocycles. The molecule has 1 saturated carbocycles. The van der Waals surface area contributed by atoms with Crippen LogP contribution in [0.25, 0.3) is 0 Å². The summed E-state index contributed by atoms with van der Waals surface area (Å²) in [5.74, 6) is 0.531. The third-order valence-corrected chi connectivity index (χ3v) is 6.68. The predicted octanol–water partition coefficient (Wildman–Crippen LogP) is 2.82. The van der Waals surface area contributed by atoms with E-state index in [1.807, 2.05) is 13.8 Å². The van der Waals surface area contributed by atoms with Gasteiger partial charge in [-0.15, -0.1) is 0 Å². The second-order valence-electron chi connectivity index (χ2n) is 8.56. The van der Waals surface area contributed by atoms with Crippen LogP contribution in [0.2, 0.25) is 0 Å². The van der Waals surface area contributed by atoms with Crippen LogP contribution >= 0.6 is 0 Å². The smallest absolute Gasteiger partial charge is 0.243 e. The van der Waals surface area contributed by atoms with Crippen molar-refractivity contribution in [3.05, 3.63) is 18.2 Å². The summed E-state index contributed by atoms with van der Waals surface area (Å²) < 4.78 is 10.7. The molecule has 0 unspecified atom stereocenters. The molecule has 8 nitrogen and oxygen atoms in total. The van der Waals surface area contributed by atoms with Gasteiger partial charge in [-0.3, -0.25) is 14.4 Å². The van der Waals surface area contributed by atoms with E-state index in [1.165, 1.54) is 0 Å². The molecule has 31 heavy (non-hydrogen) atoms. The number of nitrogens with zero attached hydrogens (tertiary/aromatic N) is 1. The standard InChI is InChI=1S/C23H31N3O5/c1-3-14(4-2)23(29)26-17-8-6-5-7-16(17)25-22(28)18(26)12-21(27)24-15-9-10-19-20(11-15)31-13-30-19/h9-11,14,16-18H,3-8,12-13H2,1-2H3,(H,24,27)(H,25,28)/t16-,17-,18-/m1/s1. The Balaban J connectivity index is 1.52. The Morgan fingerprint density at radius 3 is 2.68 bits per heavy atom. The normalized spacial score (nSPS) is 24.5. The van der Waals surface area contributed by atoms with Crippen molar-refractivity contribution in [3.8, 4) is 11.5 Å². The van der Waals surface area contributed by atoms with Crippen LogP contribution in [-0.4, -0.2) is 47.5 Å². The number of carbonyl (C=O) groups excluding carboxylic acids is 3. The number of fused-ring (bicyclic) bond motifs is 2. The zero-order valence-electron chi connectivity index (χ0n) is 18.2. The zero-order valence-corrected chi connectivity index (χ0v) is 18.2. The molecule has 3 aliphatic rings. The molecule has 0 bridgehead atoms.